The molecule has 1 amide bonds. The zero-order valence-corrected chi connectivity index (χ0v) is 12.0. The third kappa shape index (κ3) is 2.63. The Morgan fingerprint density at radius 1 is 1.43 bits per heavy atom. The average Bonchev–Trinajstić information content (AvgIpc) is 3.10. The normalized spacial score (nSPS) is 18.4. The lowest BCUT2D eigenvalue weighted by molar-refractivity contribution is -0.127. The van der Waals surface area contributed by atoms with Crippen LogP contribution in [0.3, 0.4) is 0 Å². The first-order valence-electron chi connectivity index (χ1n) is 7.20. The summed E-state index contributed by atoms with van der Waals surface area (Å²) in [6.07, 6.45) is 2.27. The molecule has 1 atom stereocenters. The first-order valence-corrected chi connectivity index (χ1v) is 7.20. The minimum atomic E-state index is -0.342. The quantitative estimate of drug-likeness (QED) is 0.876. The Bertz CT molecular complexity index is 677. The number of benzene rings is 1. The van der Waals surface area contributed by atoms with Crippen molar-refractivity contribution in [3.8, 4) is 0 Å². The van der Waals surface area contributed by atoms with E-state index in [1.54, 1.807) is 17.2 Å². The van der Waals surface area contributed by atoms with E-state index in [4.69, 9.17) is 4.74 Å². The molecule has 0 saturated carbocycles. The van der Waals surface area contributed by atoms with Gasteiger partial charge in [0.05, 0.1) is 17.7 Å². The van der Waals surface area contributed by atoms with Gasteiger partial charge in [0.1, 0.15) is 0 Å². The van der Waals surface area contributed by atoms with E-state index in [1.807, 2.05) is 25.1 Å². The van der Waals surface area contributed by atoms with Crippen LogP contribution in [-0.4, -0.2) is 41.5 Å². The number of amides is 1. The minimum Gasteiger partial charge on any atom is -0.462 e. The zero-order valence-electron chi connectivity index (χ0n) is 12.0. The molecule has 1 aromatic heterocycles. The minimum absolute atomic E-state index is 0.101. The monoisotopic (exact) mass is 286 g/mol. The molecule has 0 bridgehead atoms. The third-order valence-electron chi connectivity index (χ3n) is 3.93. The second-order valence-corrected chi connectivity index (χ2v) is 5.35. The summed E-state index contributed by atoms with van der Waals surface area (Å²) in [5, 5.41) is 0.984. The summed E-state index contributed by atoms with van der Waals surface area (Å²) in [6, 6.07) is 7.45. The molecule has 1 aromatic carbocycles. The molecular weight excluding hydrogens is 268 g/mol. The van der Waals surface area contributed by atoms with Gasteiger partial charge in [0.15, 0.2) is 0 Å². The molecule has 1 saturated heterocycles. The molecule has 1 aliphatic heterocycles. The predicted octanol–water partition coefficient (Wildman–Crippen LogP) is 2.19. The van der Waals surface area contributed by atoms with Crippen molar-refractivity contribution in [2.24, 2.45) is 5.92 Å². The van der Waals surface area contributed by atoms with E-state index in [0.29, 0.717) is 25.1 Å². The number of aromatic nitrogens is 1. The van der Waals surface area contributed by atoms with Gasteiger partial charge in [-0.1, -0.05) is 12.1 Å². The summed E-state index contributed by atoms with van der Waals surface area (Å²) >= 11 is 0. The highest BCUT2D eigenvalue weighted by Gasteiger charge is 2.29. The van der Waals surface area contributed by atoms with Crippen LogP contribution >= 0.6 is 0 Å². The van der Waals surface area contributed by atoms with Gasteiger partial charge in [-0.3, -0.25) is 4.79 Å². The van der Waals surface area contributed by atoms with Crippen molar-refractivity contribution in [2.75, 3.05) is 19.7 Å². The van der Waals surface area contributed by atoms with Gasteiger partial charge in [0.25, 0.3) is 0 Å². The van der Waals surface area contributed by atoms with E-state index in [-0.39, 0.29) is 24.4 Å². The molecule has 110 valence electrons. The van der Waals surface area contributed by atoms with Crippen LogP contribution in [0, 0.1) is 5.92 Å². The molecule has 21 heavy (non-hydrogen) atoms. The fraction of sp³-hybridized carbons (Fsp3) is 0.375. The molecule has 0 aliphatic carbocycles. The van der Waals surface area contributed by atoms with Crippen molar-refractivity contribution in [1.29, 1.82) is 0 Å². The van der Waals surface area contributed by atoms with Crippen LogP contribution in [0.2, 0.25) is 0 Å². The van der Waals surface area contributed by atoms with Gasteiger partial charge >= 0.3 is 5.97 Å². The summed E-state index contributed by atoms with van der Waals surface area (Å²) < 4.78 is 5.39. The average molecular weight is 286 g/mol. The number of para-hydroxylation sites is 1. The number of H-pyrrole nitrogens is 1. The summed E-state index contributed by atoms with van der Waals surface area (Å²) in [5.41, 5.74) is 1.33. The van der Waals surface area contributed by atoms with Crippen LogP contribution < -0.4 is 0 Å². The molecule has 0 unspecified atom stereocenters. The topological polar surface area (TPSA) is 62.4 Å². The highest BCUT2D eigenvalue weighted by Crippen LogP contribution is 2.20. The fourth-order valence-electron chi connectivity index (χ4n) is 2.80. The third-order valence-corrected chi connectivity index (χ3v) is 3.93. The predicted molar refractivity (Wildman–Crippen MR) is 78.9 cm³/mol. The number of hydrogen-bond donors (Lipinski definition) is 1. The SMILES string of the molecule is CCN1C[C@@H](COC(=O)c2cccc3cc[nH]c23)CC1=O. The van der Waals surface area contributed by atoms with Crippen molar-refractivity contribution in [1.82, 2.24) is 9.88 Å². The van der Waals surface area contributed by atoms with Crippen LogP contribution in [0.4, 0.5) is 0 Å². The van der Waals surface area contributed by atoms with Crippen LogP contribution in [0.15, 0.2) is 30.5 Å². The van der Waals surface area contributed by atoms with Crippen molar-refractivity contribution in [3.05, 3.63) is 36.0 Å². The number of nitrogens with one attached hydrogen (secondary N) is 1. The summed E-state index contributed by atoms with van der Waals surface area (Å²) in [5.74, 6) is -0.0975. The Morgan fingerprint density at radius 2 is 2.29 bits per heavy atom. The Kier molecular flexibility index (Phi) is 3.64. The molecule has 2 aromatic rings. The number of ether oxygens (including phenoxy) is 1. The number of esters is 1. The maximum Gasteiger partial charge on any atom is 0.340 e. The van der Waals surface area contributed by atoms with Gasteiger partial charge in [-0.05, 0) is 19.1 Å². The zero-order chi connectivity index (χ0) is 14.8. The number of nitrogens with zero attached hydrogens (tertiary/aromatic N) is 1. The van der Waals surface area contributed by atoms with Crippen molar-refractivity contribution >= 4 is 22.8 Å². The van der Waals surface area contributed by atoms with Gasteiger partial charge in [0, 0.05) is 37.0 Å². The molecule has 3 rings (SSSR count). The maximum absolute atomic E-state index is 12.2. The Morgan fingerprint density at radius 3 is 3.05 bits per heavy atom. The number of likely N-dealkylation sites (tertiary alicyclic amines) is 1. The van der Waals surface area contributed by atoms with E-state index >= 15 is 0 Å². The fourth-order valence-corrected chi connectivity index (χ4v) is 2.80. The number of aromatic amines is 1. The van der Waals surface area contributed by atoms with E-state index in [1.165, 1.54) is 0 Å². The van der Waals surface area contributed by atoms with Gasteiger partial charge in [-0.15, -0.1) is 0 Å². The van der Waals surface area contributed by atoms with E-state index < -0.39 is 0 Å². The van der Waals surface area contributed by atoms with E-state index in [9.17, 15) is 9.59 Å². The second-order valence-electron chi connectivity index (χ2n) is 5.35. The number of fused-ring (bicyclic) bond motifs is 1. The number of hydrogen-bond acceptors (Lipinski definition) is 3. The summed E-state index contributed by atoms with van der Waals surface area (Å²) in [4.78, 5) is 28.7. The molecule has 2 heterocycles. The molecular formula is C16H18N2O3. The lowest BCUT2D eigenvalue weighted by Crippen LogP contribution is -2.25. The molecule has 1 fully saturated rings. The lowest BCUT2D eigenvalue weighted by Gasteiger charge is -2.13. The molecule has 5 nitrogen and oxygen atoms in total. The first-order chi connectivity index (χ1) is 10.2. The smallest absolute Gasteiger partial charge is 0.340 e. The number of rotatable bonds is 4. The van der Waals surface area contributed by atoms with E-state index in [2.05, 4.69) is 4.98 Å². The number of carbonyl (C=O) groups excluding carboxylic acids is 2. The number of carbonyl (C=O) groups is 2. The van der Waals surface area contributed by atoms with Crippen LogP contribution in [0.1, 0.15) is 23.7 Å². The second kappa shape index (κ2) is 5.60. The van der Waals surface area contributed by atoms with Crippen LogP contribution in [0.25, 0.3) is 10.9 Å². The Labute approximate surface area is 122 Å². The van der Waals surface area contributed by atoms with Crippen molar-refractivity contribution in [2.45, 2.75) is 13.3 Å². The molecule has 5 heteroatoms. The summed E-state index contributed by atoms with van der Waals surface area (Å²) in [7, 11) is 0. The molecule has 0 radical (unpaired) electrons. The largest absolute Gasteiger partial charge is 0.462 e. The standard InChI is InChI=1S/C16H18N2O3/c1-2-18-9-11(8-14(18)19)10-21-16(20)13-5-3-4-12-6-7-17-15(12)13/h3-7,11,17H,2,8-10H2,1H3/t11-/m0/s1. The highest BCUT2D eigenvalue weighted by molar-refractivity contribution is 6.02. The van der Waals surface area contributed by atoms with Gasteiger partial charge in [-0.2, -0.15) is 0 Å². The first kappa shape index (κ1) is 13.7. The molecule has 1 aliphatic rings. The highest BCUT2D eigenvalue weighted by atomic mass is 16.5. The molecule has 0 spiro atoms. The summed E-state index contributed by atoms with van der Waals surface area (Å²) in [6.45, 7) is 3.64. The van der Waals surface area contributed by atoms with Crippen molar-refractivity contribution < 1.29 is 14.3 Å². The maximum atomic E-state index is 12.2. The van der Waals surface area contributed by atoms with Crippen molar-refractivity contribution in [3.63, 3.8) is 0 Å². The Balaban J connectivity index is 1.65. The molecule has 1 N–H and O–H groups in total. The lowest BCUT2D eigenvalue weighted by atomic mass is 10.1. The van der Waals surface area contributed by atoms with Gasteiger partial charge < -0.3 is 14.6 Å². The van der Waals surface area contributed by atoms with E-state index in [0.717, 1.165) is 10.9 Å². The van der Waals surface area contributed by atoms with Crippen LogP contribution in [-0.2, 0) is 9.53 Å². The van der Waals surface area contributed by atoms with Crippen LogP contribution in [0.5, 0.6) is 0 Å². The van der Waals surface area contributed by atoms with Gasteiger partial charge in [-0.25, -0.2) is 4.79 Å². The van der Waals surface area contributed by atoms with Gasteiger partial charge in [0.2, 0.25) is 5.91 Å². The Hall–Kier alpha value is -2.30.